The molecule has 4 rings (SSSR count). The molecule has 0 aliphatic carbocycles. The van der Waals surface area contributed by atoms with Gasteiger partial charge in [0.05, 0.1) is 18.3 Å². The van der Waals surface area contributed by atoms with Crippen molar-refractivity contribution in [3.05, 3.63) is 65.8 Å². The van der Waals surface area contributed by atoms with Gasteiger partial charge in [-0.2, -0.15) is 5.10 Å². The number of rotatable bonds is 5. The Morgan fingerprint density at radius 3 is 2.73 bits per heavy atom. The number of halogens is 1. The predicted octanol–water partition coefficient (Wildman–Crippen LogP) is 3.53. The Hall–Kier alpha value is -1.98. The maximum atomic E-state index is 13.6. The van der Waals surface area contributed by atoms with Crippen molar-refractivity contribution in [2.24, 2.45) is 0 Å². The summed E-state index contributed by atoms with van der Waals surface area (Å²) in [5.41, 5.74) is 2.20. The number of benzene rings is 1. The molecule has 1 aromatic carbocycles. The van der Waals surface area contributed by atoms with Gasteiger partial charge in [-0.05, 0) is 50.3 Å². The second kappa shape index (κ2) is 6.63. The largest absolute Gasteiger partial charge is 0.385 e. The lowest BCUT2D eigenvalue weighted by Crippen LogP contribution is -2.49. The molecule has 2 aliphatic heterocycles. The Morgan fingerprint density at radius 1 is 1.35 bits per heavy atom. The Kier molecular flexibility index (Phi) is 4.45. The van der Waals surface area contributed by atoms with E-state index in [1.807, 2.05) is 23.0 Å². The van der Waals surface area contributed by atoms with Gasteiger partial charge in [-0.15, -0.1) is 6.58 Å². The first-order valence-electron chi connectivity index (χ1n) is 9.36. The van der Waals surface area contributed by atoms with Crippen LogP contribution in [0.4, 0.5) is 4.39 Å². The van der Waals surface area contributed by atoms with Gasteiger partial charge >= 0.3 is 0 Å². The molecule has 2 aliphatic rings. The molecule has 3 heterocycles. The summed E-state index contributed by atoms with van der Waals surface area (Å²) >= 11 is 0. The quantitative estimate of drug-likeness (QED) is 0.834. The van der Waals surface area contributed by atoms with Gasteiger partial charge in [-0.1, -0.05) is 18.2 Å². The standard InChI is InChI=1S/C21H26FN3O/c1-3-9-25-15(2)16(13-23-25)14-24-19-7-8-20(24)12-21(26,11-19)17-5-4-6-18(22)10-17/h3-6,10,13,19-20,26H,1,7-9,11-12,14H2,2H3. The molecule has 2 fully saturated rings. The van der Waals surface area contributed by atoms with Gasteiger partial charge in [0, 0.05) is 29.9 Å². The first kappa shape index (κ1) is 17.4. The zero-order valence-electron chi connectivity index (χ0n) is 15.2. The molecule has 1 aromatic heterocycles. The van der Waals surface area contributed by atoms with E-state index in [2.05, 4.69) is 23.5 Å². The molecule has 5 heteroatoms. The zero-order chi connectivity index (χ0) is 18.3. The molecule has 2 unspecified atom stereocenters. The van der Waals surface area contributed by atoms with Crippen LogP contribution in [0.15, 0.2) is 43.1 Å². The van der Waals surface area contributed by atoms with E-state index in [1.54, 1.807) is 6.07 Å². The van der Waals surface area contributed by atoms with E-state index < -0.39 is 5.60 Å². The summed E-state index contributed by atoms with van der Waals surface area (Å²) in [5.74, 6) is -0.282. The lowest BCUT2D eigenvalue weighted by atomic mass is 9.80. The molecule has 1 N–H and O–H groups in total. The molecule has 138 valence electrons. The minimum atomic E-state index is -0.924. The van der Waals surface area contributed by atoms with E-state index >= 15 is 0 Å². The van der Waals surface area contributed by atoms with Crippen molar-refractivity contribution in [3.63, 3.8) is 0 Å². The molecule has 2 saturated heterocycles. The van der Waals surface area contributed by atoms with Crippen LogP contribution in [0.1, 0.15) is 42.5 Å². The van der Waals surface area contributed by atoms with Gasteiger partial charge in [0.1, 0.15) is 5.82 Å². The minimum absolute atomic E-state index is 0.282. The molecule has 26 heavy (non-hydrogen) atoms. The monoisotopic (exact) mass is 355 g/mol. The van der Waals surface area contributed by atoms with Gasteiger partial charge in [0.25, 0.3) is 0 Å². The summed E-state index contributed by atoms with van der Waals surface area (Å²) in [4.78, 5) is 2.51. The maximum Gasteiger partial charge on any atom is 0.123 e. The Bertz CT molecular complexity index is 801. The summed E-state index contributed by atoms with van der Waals surface area (Å²) in [6.45, 7) is 7.46. The third kappa shape index (κ3) is 2.99. The number of nitrogens with zero attached hydrogens (tertiary/aromatic N) is 3. The number of hydrogen-bond donors (Lipinski definition) is 1. The first-order valence-corrected chi connectivity index (χ1v) is 9.36. The first-order chi connectivity index (χ1) is 12.5. The van der Waals surface area contributed by atoms with Crippen LogP contribution in [0, 0.1) is 12.7 Å². The Balaban J connectivity index is 1.53. The fourth-order valence-corrected chi connectivity index (χ4v) is 4.73. The van der Waals surface area contributed by atoms with Crippen LogP contribution in [0.2, 0.25) is 0 Å². The van der Waals surface area contributed by atoms with Crippen molar-refractivity contribution in [1.29, 1.82) is 0 Å². The molecule has 0 saturated carbocycles. The molecule has 2 aromatic rings. The number of piperidine rings is 1. The summed E-state index contributed by atoms with van der Waals surface area (Å²) < 4.78 is 15.6. The lowest BCUT2D eigenvalue weighted by Gasteiger charge is -2.44. The Labute approximate surface area is 153 Å². The fraction of sp³-hybridized carbons (Fsp3) is 0.476. The SMILES string of the molecule is C=CCn1ncc(CN2C3CCC2CC(O)(c2cccc(F)c2)C3)c1C. The topological polar surface area (TPSA) is 41.3 Å². The van der Waals surface area contributed by atoms with Gasteiger partial charge in [0.2, 0.25) is 0 Å². The third-order valence-electron chi connectivity index (χ3n) is 6.14. The molecule has 2 bridgehead atoms. The van der Waals surface area contributed by atoms with Crippen LogP contribution in [0.25, 0.3) is 0 Å². The summed E-state index contributed by atoms with van der Waals surface area (Å²) in [6, 6.07) is 7.10. The van der Waals surface area contributed by atoms with E-state index in [9.17, 15) is 9.50 Å². The van der Waals surface area contributed by atoms with Gasteiger partial charge in [-0.25, -0.2) is 4.39 Å². The number of fused-ring (bicyclic) bond motifs is 2. The van der Waals surface area contributed by atoms with E-state index in [4.69, 9.17) is 0 Å². The van der Waals surface area contributed by atoms with E-state index in [1.165, 1.54) is 23.4 Å². The molecule has 0 spiro atoms. The van der Waals surface area contributed by atoms with Crippen molar-refractivity contribution < 1.29 is 9.50 Å². The number of aromatic nitrogens is 2. The molecular formula is C21H26FN3O. The second-order valence-electron chi connectivity index (χ2n) is 7.73. The Morgan fingerprint density at radius 2 is 2.08 bits per heavy atom. The highest BCUT2D eigenvalue weighted by molar-refractivity contribution is 5.26. The third-order valence-corrected chi connectivity index (χ3v) is 6.14. The number of aliphatic hydroxyl groups is 1. The van der Waals surface area contributed by atoms with Crippen molar-refractivity contribution in [2.75, 3.05) is 0 Å². The van der Waals surface area contributed by atoms with Crippen molar-refractivity contribution >= 4 is 0 Å². The maximum absolute atomic E-state index is 13.6. The molecular weight excluding hydrogens is 329 g/mol. The zero-order valence-corrected chi connectivity index (χ0v) is 15.2. The summed E-state index contributed by atoms with van der Waals surface area (Å²) in [7, 11) is 0. The minimum Gasteiger partial charge on any atom is -0.385 e. The van der Waals surface area contributed by atoms with Crippen LogP contribution >= 0.6 is 0 Å². The number of hydrogen-bond acceptors (Lipinski definition) is 3. The second-order valence-corrected chi connectivity index (χ2v) is 7.73. The van der Waals surface area contributed by atoms with Crippen molar-refractivity contribution in [3.8, 4) is 0 Å². The fourth-order valence-electron chi connectivity index (χ4n) is 4.73. The van der Waals surface area contributed by atoms with Crippen LogP contribution in [-0.4, -0.2) is 31.9 Å². The highest BCUT2D eigenvalue weighted by Crippen LogP contribution is 2.46. The smallest absolute Gasteiger partial charge is 0.123 e. The summed E-state index contributed by atoms with van der Waals surface area (Å²) in [5, 5.41) is 15.7. The highest BCUT2D eigenvalue weighted by Gasteiger charge is 2.48. The lowest BCUT2D eigenvalue weighted by molar-refractivity contribution is -0.0597. The average molecular weight is 355 g/mol. The highest BCUT2D eigenvalue weighted by atomic mass is 19.1. The van der Waals surface area contributed by atoms with Gasteiger partial charge in [0.15, 0.2) is 0 Å². The van der Waals surface area contributed by atoms with Crippen LogP contribution in [0.3, 0.4) is 0 Å². The normalized spacial score (nSPS) is 28.4. The molecule has 4 nitrogen and oxygen atoms in total. The van der Waals surface area contributed by atoms with Crippen LogP contribution in [0.5, 0.6) is 0 Å². The summed E-state index contributed by atoms with van der Waals surface area (Å²) in [6.07, 6.45) is 7.29. The van der Waals surface area contributed by atoms with Gasteiger partial charge < -0.3 is 5.11 Å². The van der Waals surface area contributed by atoms with Gasteiger partial charge in [-0.3, -0.25) is 9.58 Å². The number of allylic oxidation sites excluding steroid dienone is 1. The van der Waals surface area contributed by atoms with Crippen LogP contribution in [-0.2, 0) is 18.7 Å². The van der Waals surface area contributed by atoms with E-state index in [0.717, 1.165) is 25.9 Å². The van der Waals surface area contributed by atoms with Crippen LogP contribution < -0.4 is 0 Å². The van der Waals surface area contributed by atoms with Crippen molar-refractivity contribution in [1.82, 2.24) is 14.7 Å². The molecule has 0 radical (unpaired) electrons. The molecule has 0 amide bonds. The molecule has 2 atom stereocenters. The predicted molar refractivity (Wildman–Crippen MR) is 99.0 cm³/mol. The van der Waals surface area contributed by atoms with E-state index in [-0.39, 0.29) is 5.82 Å². The van der Waals surface area contributed by atoms with E-state index in [0.29, 0.717) is 30.5 Å². The average Bonchev–Trinajstić information content (AvgIpc) is 3.07. The van der Waals surface area contributed by atoms with Crippen molar-refractivity contribution in [2.45, 2.75) is 63.4 Å².